The van der Waals surface area contributed by atoms with Crippen molar-refractivity contribution in [2.45, 2.75) is 39.3 Å². The molecule has 1 aromatic heterocycles. The van der Waals surface area contributed by atoms with E-state index in [0.717, 1.165) is 11.6 Å². The van der Waals surface area contributed by atoms with Crippen molar-refractivity contribution in [3.63, 3.8) is 0 Å². The number of ether oxygens (including phenoxy) is 2. The average Bonchev–Trinajstić information content (AvgIpc) is 2.76. The van der Waals surface area contributed by atoms with E-state index >= 15 is 0 Å². The van der Waals surface area contributed by atoms with Crippen LogP contribution in [0.2, 0.25) is 0 Å². The molecule has 0 unspecified atom stereocenters. The third kappa shape index (κ3) is 5.89. The van der Waals surface area contributed by atoms with Crippen molar-refractivity contribution in [3.05, 3.63) is 69.3 Å². The predicted molar refractivity (Wildman–Crippen MR) is 126 cm³/mol. The van der Waals surface area contributed by atoms with Crippen molar-refractivity contribution in [1.82, 2.24) is 9.88 Å². The predicted octanol–water partition coefficient (Wildman–Crippen LogP) is 4.06. The van der Waals surface area contributed by atoms with Gasteiger partial charge in [-0.3, -0.25) is 4.79 Å². The smallest absolute Gasteiger partial charge is 0.410 e. The van der Waals surface area contributed by atoms with Crippen LogP contribution in [0.15, 0.2) is 41.2 Å². The Bertz CT molecular complexity index is 1330. The van der Waals surface area contributed by atoms with Gasteiger partial charge in [0.25, 0.3) is 0 Å². The number of benzene rings is 2. The largest absolute Gasteiger partial charge is 0.506 e. The fraction of sp³-hybridized carbons (Fsp3) is 0.320. The Kier molecular flexibility index (Phi) is 7.33. The minimum Gasteiger partial charge on any atom is -0.506 e. The van der Waals surface area contributed by atoms with Crippen LogP contribution >= 0.6 is 0 Å². The van der Waals surface area contributed by atoms with E-state index in [9.17, 15) is 29.0 Å². The molecule has 0 spiro atoms. The van der Waals surface area contributed by atoms with Gasteiger partial charge in [-0.15, -0.1) is 0 Å². The third-order valence-corrected chi connectivity index (χ3v) is 5.24. The van der Waals surface area contributed by atoms with Gasteiger partial charge in [0, 0.05) is 23.6 Å². The number of carbonyl (C=O) groups is 2. The number of aromatic amines is 1. The number of phenols is 1. The first-order valence-electron chi connectivity index (χ1n) is 10.8. The molecule has 0 bridgehead atoms. The molecule has 1 heterocycles. The number of aromatic nitrogens is 1. The number of hydrogen-bond donors (Lipinski definition) is 3. The second kappa shape index (κ2) is 10.0. The number of carboxylic acids is 1. The van der Waals surface area contributed by atoms with E-state index in [-0.39, 0.29) is 41.2 Å². The number of methoxy groups -OCH3 is 1. The number of nitrogens with zero attached hydrogens (tertiary/aromatic N) is 1. The molecule has 0 radical (unpaired) electrons. The molecule has 186 valence electrons. The number of phenolic OH excluding ortho intramolecular Hbond substituents is 1. The van der Waals surface area contributed by atoms with Gasteiger partial charge < -0.3 is 29.6 Å². The molecule has 10 heteroatoms. The number of H-pyrrole nitrogens is 1. The van der Waals surface area contributed by atoms with Gasteiger partial charge in [-0.2, -0.15) is 0 Å². The van der Waals surface area contributed by atoms with Crippen molar-refractivity contribution >= 4 is 23.0 Å². The number of aromatic carboxylic acids is 1. The zero-order valence-corrected chi connectivity index (χ0v) is 19.8. The number of rotatable bonds is 7. The Morgan fingerprint density at radius 1 is 1.09 bits per heavy atom. The number of pyridine rings is 1. The number of aromatic hydroxyl groups is 1. The van der Waals surface area contributed by atoms with Gasteiger partial charge in [-0.25, -0.2) is 14.0 Å². The van der Waals surface area contributed by atoms with Crippen molar-refractivity contribution in [2.24, 2.45) is 0 Å². The molecule has 0 fully saturated rings. The van der Waals surface area contributed by atoms with Crippen molar-refractivity contribution < 1.29 is 33.7 Å². The van der Waals surface area contributed by atoms with Crippen LogP contribution < -0.4 is 10.3 Å². The molecular formula is C25H27FN2O7. The Morgan fingerprint density at radius 3 is 2.40 bits per heavy atom. The first-order valence-corrected chi connectivity index (χ1v) is 10.8. The third-order valence-electron chi connectivity index (χ3n) is 5.24. The topological polar surface area (TPSA) is 129 Å². The van der Waals surface area contributed by atoms with Crippen molar-refractivity contribution in [3.8, 4) is 11.5 Å². The molecule has 3 N–H and O–H groups in total. The lowest BCUT2D eigenvalue weighted by molar-refractivity contribution is 0.0234. The average molecular weight is 486 g/mol. The fourth-order valence-electron chi connectivity index (χ4n) is 3.64. The molecule has 3 rings (SSSR count). The lowest BCUT2D eigenvalue weighted by Gasteiger charge is -2.28. The van der Waals surface area contributed by atoms with Gasteiger partial charge in [0.05, 0.1) is 24.7 Å². The maximum absolute atomic E-state index is 14.7. The fourth-order valence-corrected chi connectivity index (χ4v) is 3.64. The summed E-state index contributed by atoms with van der Waals surface area (Å²) in [5.74, 6) is -2.82. The summed E-state index contributed by atoms with van der Waals surface area (Å²) in [7, 11) is 1.22. The minimum absolute atomic E-state index is 0.0795. The maximum atomic E-state index is 14.7. The number of carboxylic acid groups (broad SMARTS) is 1. The van der Waals surface area contributed by atoms with E-state index in [1.54, 1.807) is 32.9 Å². The molecule has 1 amide bonds. The zero-order chi connectivity index (χ0) is 25.9. The molecule has 35 heavy (non-hydrogen) atoms. The molecule has 0 saturated heterocycles. The highest BCUT2D eigenvalue weighted by Crippen LogP contribution is 2.29. The van der Waals surface area contributed by atoms with Crippen LogP contribution in [0.4, 0.5) is 9.18 Å². The minimum atomic E-state index is -1.44. The van der Waals surface area contributed by atoms with Crippen LogP contribution in [0.25, 0.3) is 10.9 Å². The number of nitrogens with one attached hydrogen (secondary N) is 1. The van der Waals surface area contributed by atoms with E-state index < -0.39 is 29.0 Å². The highest BCUT2D eigenvalue weighted by Gasteiger charge is 2.26. The normalized spacial score (nSPS) is 11.3. The molecule has 3 aromatic rings. The lowest BCUT2D eigenvalue weighted by atomic mass is 10.0. The summed E-state index contributed by atoms with van der Waals surface area (Å²) in [5.41, 5.74) is -0.393. The number of fused-ring (bicyclic) bond motifs is 1. The van der Waals surface area contributed by atoms with E-state index in [1.807, 2.05) is 0 Å². The summed E-state index contributed by atoms with van der Waals surface area (Å²) >= 11 is 0. The molecule has 2 aromatic carbocycles. The second-order valence-corrected chi connectivity index (χ2v) is 8.93. The van der Waals surface area contributed by atoms with E-state index in [1.165, 1.54) is 30.2 Å². The first-order chi connectivity index (χ1) is 16.4. The standard InChI is InChI=1S/C25H27FN2O7/c1-25(2,3)35-24(33)28(13-15-5-7-17(23(31)32)20(26)22(15)34-4)12-11-14-6-9-18(29)21-16(14)8-10-19(30)27-21/h5-10,29H,11-13H2,1-4H3,(H,27,30)(H,31,32). The van der Waals surface area contributed by atoms with Gasteiger partial charge in [0.15, 0.2) is 11.6 Å². The summed E-state index contributed by atoms with van der Waals surface area (Å²) in [6.07, 6.45) is -0.334. The highest BCUT2D eigenvalue weighted by atomic mass is 19.1. The zero-order valence-electron chi connectivity index (χ0n) is 19.8. The Labute approximate surface area is 200 Å². The van der Waals surface area contributed by atoms with Crippen LogP contribution in [0.1, 0.15) is 42.3 Å². The molecular weight excluding hydrogens is 459 g/mol. The number of amides is 1. The summed E-state index contributed by atoms with van der Waals surface area (Å²) in [4.78, 5) is 39.9. The Balaban J connectivity index is 1.95. The van der Waals surface area contributed by atoms with Gasteiger partial charge in [-0.05, 0) is 51.0 Å². The Hall–Kier alpha value is -4.08. The SMILES string of the molecule is COc1c(CN(CCc2ccc(O)c3[nH]c(=O)ccc23)C(=O)OC(C)(C)C)ccc(C(=O)O)c1F. The van der Waals surface area contributed by atoms with E-state index in [0.29, 0.717) is 11.8 Å². The number of halogens is 1. The van der Waals surface area contributed by atoms with Crippen molar-refractivity contribution in [1.29, 1.82) is 0 Å². The van der Waals surface area contributed by atoms with Gasteiger partial charge in [-0.1, -0.05) is 12.1 Å². The van der Waals surface area contributed by atoms with Crippen LogP contribution in [-0.2, 0) is 17.7 Å². The maximum Gasteiger partial charge on any atom is 0.410 e. The molecule has 0 saturated carbocycles. The summed E-state index contributed by atoms with van der Waals surface area (Å²) in [6.45, 7) is 5.18. The number of carbonyl (C=O) groups excluding carboxylic acids is 1. The van der Waals surface area contributed by atoms with Gasteiger partial charge in [0.1, 0.15) is 11.4 Å². The first kappa shape index (κ1) is 25.5. The van der Waals surface area contributed by atoms with Crippen LogP contribution in [0, 0.1) is 5.82 Å². The molecule has 0 atom stereocenters. The summed E-state index contributed by atoms with van der Waals surface area (Å²) in [5, 5.41) is 19.9. The molecule has 0 aliphatic heterocycles. The monoisotopic (exact) mass is 486 g/mol. The molecule has 0 aliphatic carbocycles. The van der Waals surface area contributed by atoms with E-state index in [2.05, 4.69) is 4.98 Å². The second-order valence-electron chi connectivity index (χ2n) is 8.93. The molecule has 9 nitrogen and oxygen atoms in total. The number of hydrogen-bond acceptors (Lipinski definition) is 6. The van der Waals surface area contributed by atoms with Crippen molar-refractivity contribution in [2.75, 3.05) is 13.7 Å². The van der Waals surface area contributed by atoms with Crippen LogP contribution in [-0.4, -0.2) is 51.4 Å². The summed E-state index contributed by atoms with van der Waals surface area (Å²) < 4.78 is 25.3. The van der Waals surface area contributed by atoms with Gasteiger partial charge in [0.2, 0.25) is 5.56 Å². The highest BCUT2D eigenvalue weighted by molar-refractivity contribution is 5.89. The van der Waals surface area contributed by atoms with E-state index in [4.69, 9.17) is 9.47 Å². The van der Waals surface area contributed by atoms with Crippen LogP contribution in [0.3, 0.4) is 0 Å². The quantitative estimate of drug-likeness (QED) is 0.459. The Morgan fingerprint density at radius 2 is 1.77 bits per heavy atom. The lowest BCUT2D eigenvalue weighted by Crippen LogP contribution is -2.37. The van der Waals surface area contributed by atoms with Crippen LogP contribution in [0.5, 0.6) is 11.5 Å². The summed E-state index contributed by atoms with van der Waals surface area (Å²) in [6, 6.07) is 8.58. The molecule has 0 aliphatic rings. The van der Waals surface area contributed by atoms with Gasteiger partial charge >= 0.3 is 12.1 Å².